The van der Waals surface area contributed by atoms with E-state index < -0.39 is 0 Å². The summed E-state index contributed by atoms with van der Waals surface area (Å²) in [4.78, 5) is 16.0. The fraction of sp³-hybridized carbons (Fsp3) is 0.111. The third-order valence-corrected chi connectivity index (χ3v) is 5.27. The highest BCUT2D eigenvalue weighted by molar-refractivity contribution is 8.00. The molecule has 0 spiro atoms. The third kappa shape index (κ3) is 3.11. The molecule has 4 rings (SSSR count). The van der Waals surface area contributed by atoms with E-state index in [1.54, 1.807) is 23.0 Å². The van der Waals surface area contributed by atoms with Crippen LogP contribution in [0.15, 0.2) is 59.9 Å². The van der Waals surface area contributed by atoms with E-state index in [9.17, 15) is 4.79 Å². The number of nitrogens with zero attached hydrogens (tertiary/aromatic N) is 4. The maximum absolute atomic E-state index is 12.9. The Bertz CT molecular complexity index is 1090. The highest BCUT2D eigenvalue weighted by Crippen LogP contribution is 2.28. The van der Waals surface area contributed by atoms with Gasteiger partial charge in [0.25, 0.3) is 0 Å². The molecule has 1 atom stereocenters. The molecule has 0 saturated heterocycles. The van der Waals surface area contributed by atoms with E-state index >= 15 is 0 Å². The van der Waals surface area contributed by atoms with Gasteiger partial charge in [-0.15, -0.1) is 5.10 Å². The van der Waals surface area contributed by atoms with Gasteiger partial charge in [-0.2, -0.15) is 4.68 Å². The van der Waals surface area contributed by atoms with E-state index in [1.807, 2.05) is 43.3 Å². The quantitative estimate of drug-likeness (QED) is 0.413. The minimum absolute atomic E-state index is 0.0214. The van der Waals surface area contributed by atoms with Crippen molar-refractivity contribution in [3.63, 3.8) is 0 Å². The summed E-state index contributed by atoms with van der Waals surface area (Å²) in [5.41, 5.74) is 2.36. The first-order chi connectivity index (χ1) is 12.6. The van der Waals surface area contributed by atoms with E-state index in [0.29, 0.717) is 15.7 Å². The van der Waals surface area contributed by atoms with Crippen LogP contribution in [-0.4, -0.2) is 36.2 Å². The van der Waals surface area contributed by atoms with E-state index in [4.69, 9.17) is 11.6 Å². The zero-order valence-electron chi connectivity index (χ0n) is 13.8. The van der Waals surface area contributed by atoms with Gasteiger partial charge in [-0.1, -0.05) is 47.6 Å². The first kappa shape index (κ1) is 16.8. The van der Waals surface area contributed by atoms with E-state index in [-0.39, 0.29) is 11.0 Å². The van der Waals surface area contributed by atoms with Crippen LogP contribution in [0.1, 0.15) is 17.3 Å². The number of halogens is 1. The van der Waals surface area contributed by atoms with Crippen molar-refractivity contribution < 1.29 is 4.79 Å². The van der Waals surface area contributed by atoms with E-state index in [1.165, 1.54) is 11.8 Å². The fourth-order valence-corrected chi connectivity index (χ4v) is 3.79. The number of hydrogen-bond acceptors (Lipinski definition) is 5. The third-order valence-electron chi connectivity index (χ3n) is 4.00. The standard InChI is InChI=1S/C18H14ClN5OS/c1-11(17(25)15-10-20-16-8-3-2-7-14(15)16)26-18-21-22-23-24(18)13-6-4-5-12(19)9-13/h2-11,20H,1H3/t11-/m1/s1. The summed E-state index contributed by atoms with van der Waals surface area (Å²) in [5, 5.41) is 13.5. The van der Waals surface area contributed by atoms with Gasteiger partial charge in [0, 0.05) is 27.7 Å². The highest BCUT2D eigenvalue weighted by Gasteiger charge is 2.22. The number of ketones is 1. The SMILES string of the molecule is C[C@@H](Sc1nnnn1-c1cccc(Cl)c1)C(=O)c1c[nH]c2ccccc12. The molecule has 6 nitrogen and oxygen atoms in total. The number of aromatic nitrogens is 5. The number of hydrogen-bond donors (Lipinski definition) is 1. The van der Waals surface area contributed by atoms with Gasteiger partial charge in [0.2, 0.25) is 5.16 Å². The van der Waals surface area contributed by atoms with Crippen LogP contribution in [0.3, 0.4) is 0 Å². The molecular weight excluding hydrogens is 370 g/mol. The van der Waals surface area contributed by atoms with Crippen LogP contribution in [0.5, 0.6) is 0 Å². The summed E-state index contributed by atoms with van der Waals surface area (Å²) in [7, 11) is 0. The van der Waals surface area contributed by atoms with Crippen molar-refractivity contribution in [1.29, 1.82) is 0 Å². The number of thioether (sulfide) groups is 1. The summed E-state index contributed by atoms with van der Waals surface area (Å²) in [6.45, 7) is 1.85. The Kier molecular flexibility index (Phi) is 4.48. The molecule has 0 bridgehead atoms. The summed E-state index contributed by atoms with van der Waals surface area (Å²) >= 11 is 7.36. The number of nitrogens with one attached hydrogen (secondary N) is 1. The first-order valence-corrected chi connectivity index (χ1v) is 9.20. The van der Waals surface area contributed by atoms with Crippen molar-refractivity contribution in [3.8, 4) is 5.69 Å². The van der Waals surface area contributed by atoms with Crippen LogP contribution in [0, 0.1) is 0 Å². The molecule has 130 valence electrons. The molecule has 2 aromatic carbocycles. The molecule has 0 unspecified atom stereocenters. The molecule has 2 aromatic heterocycles. The summed E-state index contributed by atoms with van der Waals surface area (Å²) in [6, 6.07) is 15.0. The molecule has 1 N–H and O–H groups in total. The number of Topliss-reactive ketones (excluding diaryl/α,β-unsaturated/α-hetero) is 1. The lowest BCUT2D eigenvalue weighted by Gasteiger charge is -2.10. The Morgan fingerprint density at radius 3 is 2.92 bits per heavy atom. The summed E-state index contributed by atoms with van der Waals surface area (Å²) < 4.78 is 1.58. The molecule has 4 aromatic rings. The normalized spacial score (nSPS) is 12.4. The number of carbonyl (C=O) groups excluding carboxylic acids is 1. The second-order valence-corrected chi connectivity index (χ2v) is 7.47. The Morgan fingerprint density at radius 1 is 1.23 bits per heavy atom. The largest absolute Gasteiger partial charge is 0.360 e. The predicted molar refractivity (Wildman–Crippen MR) is 102 cm³/mol. The van der Waals surface area contributed by atoms with Crippen LogP contribution < -0.4 is 0 Å². The van der Waals surface area contributed by atoms with Crippen molar-refractivity contribution in [1.82, 2.24) is 25.2 Å². The second-order valence-electron chi connectivity index (χ2n) is 5.73. The molecule has 0 aliphatic carbocycles. The van der Waals surface area contributed by atoms with Crippen molar-refractivity contribution in [2.75, 3.05) is 0 Å². The average Bonchev–Trinajstić information content (AvgIpc) is 3.28. The van der Waals surface area contributed by atoms with Gasteiger partial charge in [-0.25, -0.2) is 0 Å². The molecule has 0 aliphatic rings. The van der Waals surface area contributed by atoms with Gasteiger partial charge in [0.15, 0.2) is 5.78 Å². The maximum Gasteiger partial charge on any atom is 0.214 e. The Morgan fingerprint density at radius 2 is 2.08 bits per heavy atom. The smallest absolute Gasteiger partial charge is 0.214 e. The Hall–Kier alpha value is -2.64. The molecule has 26 heavy (non-hydrogen) atoms. The van der Waals surface area contributed by atoms with Gasteiger partial charge in [-0.3, -0.25) is 4.79 Å². The number of benzene rings is 2. The Labute approximate surface area is 158 Å². The number of H-pyrrole nitrogens is 1. The van der Waals surface area contributed by atoms with Gasteiger partial charge >= 0.3 is 0 Å². The number of rotatable bonds is 5. The van der Waals surface area contributed by atoms with Crippen LogP contribution in [0.25, 0.3) is 16.6 Å². The van der Waals surface area contributed by atoms with E-state index in [0.717, 1.165) is 16.6 Å². The zero-order valence-corrected chi connectivity index (χ0v) is 15.3. The lowest BCUT2D eigenvalue weighted by atomic mass is 10.1. The second kappa shape index (κ2) is 6.93. The molecule has 0 aliphatic heterocycles. The van der Waals surface area contributed by atoms with Crippen molar-refractivity contribution >= 4 is 40.0 Å². The molecule has 8 heteroatoms. The van der Waals surface area contributed by atoms with Crippen molar-refractivity contribution in [2.24, 2.45) is 0 Å². The fourth-order valence-electron chi connectivity index (χ4n) is 2.73. The first-order valence-electron chi connectivity index (χ1n) is 7.95. The zero-order chi connectivity index (χ0) is 18.1. The number of aromatic amines is 1. The number of para-hydroxylation sites is 1. The number of tetrazole rings is 1. The van der Waals surface area contributed by atoms with E-state index in [2.05, 4.69) is 20.5 Å². The summed E-state index contributed by atoms with van der Waals surface area (Å²) in [6.07, 6.45) is 1.75. The monoisotopic (exact) mass is 383 g/mol. The number of fused-ring (bicyclic) bond motifs is 1. The molecule has 0 fully saturated rings. The minimum atomic E-state index is -0.349. The summed E-state index contributed by atoms with van der Waals surface area (Å²) in [5.74, 6) is 0.0214. The molecule has 0 amide bonds. The maximum atomic E-state index is 12.9. The molecule has 2 heterocycles. The van der Waals surface area contributed by atoms with Gasteiger partial charge in [0.1, 0.15) is 0 Å². The Balaban J connectivity index is 1.60. The van der Waals surface area contributed by atoms with Crippen molar-refractivity contribution in [3.05, 3.63) is 65.3 Å². The predicted octanol–water partition coefficient (Wildman–Crippen LogP) is 4.16. The lowest BCUT2D eigenvalue weighted by Crippen LogP contribution is -2.14. The average molecular weight is 384 g/mol. The molecule has 0 radical (unpaired) electrons. The lowest BCUT2D eigenvalue weighted by molar-refractivity contribution is 0.0995. The van der Waals surface area contributed by atoms with Gasteiger partial charge < -0.3 is 4.98 Å². The van der Waals surface area contributed by atoms with Gasteiger partial charge in [0.05, 0.1) is 10.9 Å². The van der Waals surface area contributed by atoms with Crippen LogP contribution >= 0.6 is 23.4 Å². The minimum Gasteiger partial charge on any atom is -0.360 e. The van der Waals surface area contributed by atoms with Gasteiger partial charge in [-0.05, 0) is 41.6 Å². The molecular formula is C18H14ClN5OS. The van der Waals surface area contributed by atoms with Crippen LogP contribution in [0.2, 0.25) is 5.02 Å². The number of carbonyl (C=O) groups is 1. The topological polar surface area (TPSA) is 76.5 Å². The molecule has 0 saturated carbocycles. The highest BCUT2D eigenvalue weighted by atomic mass is 35.5. The van der Waals surface area contributed by atoms with Crippen LogP contribution in [0.4, 0.5) is 0 Å². The van der Waals surface area contributed by atoms with Crippen LogP contribution in [-0.2, 0) is 0 Å². The van der Waals surface area contributed by atoms with Crippen molar-refractivity contribution in [2.45, 2.75) is 17.3 Å².